The summed E-state index contributed by atoms with van der Waals surface area (Å²) in [5, 5.41) is 6.51. The lowest BCUT2D eigenvalue weighted by molar-refractivity contribution is 0.249. The largest absolute Gasteiger partial charge is 0.334 e. The second kappa shape index (κ2) is 6.99. The minimum Gasteiger partial charge on any atom is -0.334 e. The fourth-order valence-electron chi connectivity index (χ4n) is 2.61. The van der Waals surface area contributed by atoms with Gasteiger partial charge in [-0.25, -0.2) is 4.79 Å². The molecule has 4 nitrogen and oxygen atoms in total. The van der Waals surface area contributed by atoms with Gasteiger partial charge in [0.15, 0.2) is 0 Å². The minimum absolute atomic E-state index is 0.0319. The minimum atomic E-state index is -0.127. The Balaban J connectivity index is 1.92. The van der Waals surface area contributed by atoms with Crippen LogP contribution < -0.4 is 16.4 Å². The van der Waals surface area contributed by atoms with Crippen molar-refractivity contribution in [1.29, 1.82) is 0 Å². The molecule has 0 radical (unpaired) electrons. The van der Waals surface area contributed by atoms with Crippen LogP contribution >= 0.6 is 11.8 Å². The number of hydrogen-bond donors (Lipinski definition) is 3. The highest BCUT2D eigenvalue weighted by Gasteiger charge is 2.27. The van der Waals surface area contributed by atoms with Gasteiger partial charge in [0, 0.05) is 23.0 Å². The molecule has 0 aromatic heterocycles. The zero-order chi connectivity index (χ0) is 14.5. The molecule has 3 atom stereocenters. The van der Waals surface area contributed by atoms with E-state index in [1.165, 1.54) is 12.8 Å². The lowest BCUT2D eigenvalue weighted by Crippen LogP contribution is -2.41. The van der Waals surface area contributed by atoms with Crippen molar-refractivity contribution in [3.05, 3.63) is 29.8 Å². The molecule has 0 spiro atoms. The molecular weight excluding hydrogens is 270 g/mol. The number of nitrogens with one attached hydrogen (secondary N) is 2. The van der Waals surface area contributed by atoms with Crippen molar-refractivity contribution < 1.29 is 4.79 Å². The molecule has 5 heteroatoms. The fraction of sp³-hybridized carbons (Fsp3) is 0.533. The second-order valence-electron chi connectivity index (χ2n) is 5.32. The van der Waals surface area contributed by atoms with E-state index in [0.717, 1.165) is 17.7 Å². The third-order valence-electron chi connectivity index (χ3n) is 3.74. The van der Waals surface area contributed by atoms with Crippen LogP contribution in [0.3, 0.4) is 0 Å². The Labute approximate surface area is 124 Å². The predicted molar refractivity (Wildman–Crippen MR) is 86.1 cm³/mol. The van der Waals surface area contributed by atoms with E-state index in [0.29, 0.717) is 5.25 Å². The number of amides is 2. The monoisotopic (exact) mass is 293 g/mol. The van der Waals surface area contributed by atoms with Crippen LogP contribution in [0.5, 0.6) is 0 Å². The van der Waals surface area contributed by atoms with E-state index in [9.17, 15) is 4.79 Å². The Hall–Kier alpha value is -1.20. The van der Waals surface area contributed by atoms with Crippen LogP contribution in [0.2, 0.25) is 0 Å². The fourth-order valence-corrected chi connectivity index (χ4v) is 3.54. The van der Waals surface area contributed by atoms with E-state index in [2.05, 4.69) is 16.9 Å². The summed E-state index contributed by atoms with van der Waals surface area (Å²) in [4.78, 5) is 12.0. The summed E-state index contributed by atoms with van der Waals surface area (Å²) >= 11 is 1.84. The van der Waals surface area contributed by atoms with Crippen molar-refractivity contribution in [2.75, 3.05) is 11.6 Å². The molecule has 0 heterocycles. The Morgan fingerprint density at radius 1 is 1.45 bits per heavy atom. The van der Waals surface area contributed by atoms with Gasteiger partial charge in [-0.05, 0) is 43.7 Å². The highest BCUT2D eigenvalue weighted by molar-refractivity contribution is 7.99. The third-order valence-corrected chi connectivity index (χ3v) is 4.91. The number of thioether (sulfide) groups is 1. The number of anilines is 1. The van der Waals surface area contributed by atoms with Gasteiger partial charge in [-0.15, -0.1) is 0 Å². The van der Waals surface area contributed by atoms with Gasteiger partial charge >= 0.3 is 6.03 Å². The zero-order valence-corrected chi connectivity index (χ0v) is 12.9. The number of urea groups is 1. The van der Waals surface area contributed by atoms with Crippen molar-refractivity contribution >= 4 is 23.5 Å². The number of carbonyl (C=O) groups excluding carboxylic acids is 1. The molecule has 2 amide bonds. The molecule has 1 aliphatic carbocycles. The van der Waals surface area contributed by atoms with Crippen LogP contribution in [-0.2, 0) is 0 Å². The third kappa shape index (κ3) is 3.90. The maximum absolute atomic E-state index is 12.0. The van der Waals surface area contributed by atoms with Crippen molar-refractivity contribution in [3.8, 4) is 0 Å². The van der Waals surface area contributed by atoms with Crippen molar-refractivity contribution in [3.63, 3.8) is 0 Å². The summed E-state index contributed by atoms with van der Waals surface area (Å²) < 4.78 is 0. The lowest BCUT2D eigenvalue weighted by atomic mass is 10.1. The number of benzene rings is 1. The molecule has 1 fully saturated rings. The maximum Gasteiger partial charge on any atom is 0.319 e. The van der Waals surface area contributed by atoms with Gasteiger partial charge in [0.05, 0.1) is 0 Å². The number of nitrogens with two attached hydrogens (primary N) is 1. The standard InChI is InChI=1S/C15H23N3OS/c1-10(16)11-5-3-6-12(9-11)17-15(19)18-13-7-4-8-14(13)20-2/h3,5-6,9-10,13-14H,4,7-8,16H2,1-2H3,(H2,17,18,19). The Morgan fingerprint density at radius 3 is 2.95 bits per heavy atom. The molecule has 0 aliphatic heterocycles. The van der Waals surface area contributed by atoms with Gasteiger partial charge in [-0.2, -0.15) is 11.8 Å². The molecule has 0 bridgehead atoms. The van der Waals surface area contributed by atoms with E-state index in [1.54, 1.807) is 0 Å². The van der Waals surface area contributed by atoms with Gasteiger partial charge in [-0.1, -0.05) is 18.6 Å². The number of carbonyl (C=O) groups is 1. The summed E-state index contributed by atoms with van der Waals surface area (Å²) in [5.74, 6) is 0. The SMILES string of the molecule is CSC1CCCC1NC(=O)Nc1cccc(C(C)N)c1. The number of hydrogen-bond acceptors (Lipinski definition) is 3. The maximum atomic E-state index is 12.0. The zero-order valence-electron chi connectivity index (χ0n) is 12.1. The topological polar surface area (TPSA) is 67.2 Å². The summed E-state index contributed by atoms with van der Waals surface area (Å²) in [6.45, 7) is 1.93. The van der Waals surface area contributed by atoms with Gasteiger partial charge in [0.25, 0.3) is 0 Å². The molecule has 2 rings (SSSR count). The van der Waals surface area contributed by atoms with E-state index in [4.69, 9.17) is 5.73 Å². The molecule has 20 heavy (non-hydrogen) atoms. The molecular formula is C15H23N3OS. The summed E-state index contributed by atoms with van der Waals surface area (Å²) in [6, 6.07) is 7.80. The smallest absolute Gasteiger partial charge is 0.319 e. The lowest BCUT2D eigenvalue weighted by Gasteiger charge is -2.19. The van der Waals surface area contributed by atoms with Crippen molar-refractivity contribution in [1.82, 2.24) is 5.32 Å². The molecule has 0 saturated heterocycles. The first-order valence-corrected chi connectivity index (χ1v) is 8.35. The first-order chi connectivity index (χ1) is 9.60. The van der Waals surface area contributed by atoms with Crippen LogP contribution in [0.4, 0.5) is 10.5 Å². The van der Waals surface area contributed by atoms with Crippen molar-refractivity contribution in [2.24, 2.45) is 5.73 Å². The summed E-state index contributed by atoms with van der Waals surface area (Å²) in [6.07, 6.45) is 5.55. The van der Waals surface area contributed by atoms with Crippen LogP contribution in [0.25, 0.3) is 0 Å². The molecule has 1 aromatic carbocycles. The highest BCUT2D eigenvalue weighted by atomic mass is 32.2. The Bertz CT molecular complexity index is 464. The predicted octanol–water partition coefficient (Wildman–Crippen LogP) is 3.11. The van der Waals surface area contributed by atoms with E-state index >= 15 is 0 Å². The van der Waals surface area contributed by atoms with Crippen LogP contribution in [-0.4, -0.2) is 23.6 Å². The van der Waals surface area contributed by atoms with Gasteiger partial charge in [-0.3, -0.25) is 0 Å². The molecule has 4 N–H and O–H groups in total. The average Bonchev–Trinajstić information content (AvgIpc) is 2.86. The summed E-state index contributed by atoms with van der Waals surface area (Å²) in [5.41, 5.74) is 7.66. The van der Waals surface area contributed by atoms with E-state index in [-0.39, 0.29) is 18.1 Å². The second-order valence-corrected chi connectivity index (χ2v) is 6.40. The molecule has 3 unspecified atom stereocenters. The van der Waals surface area contributed by atoms with Crippen LogP contribution in [0.1, 0.15) is 37.8 Å². The Kier molecular flexibility index (Phi) is 5.31. The first kappa shape index (κ1) is 15.2. The normalized spacial score (nSPS) is 23.4. The van der Waals surface area contributed by atoms with Crippen LogP contribution in [0.15, 0.2) is 24.3 Å². The molecule has 1 saturated carbocycles. The molecule has 1 aliphatic rings. The number of rotatable bonds is 4. The molecule has 110 valence electrons. The van der Waals surface area contributed by atoms with Gasteiger partial charge in [0.2, 0.25) is 0 Å². The van der Waals surface area contributed by atoms with E-state index in [1.807, 2.05) is 43.0 Å². The average molecular weight is 293 g/mol. The molecule has 1 aromatic rings. The van der Waals surface area contributed by atoms with Gasteiger partial charge < -0.3 is 16.4 Å². The van der Waals surface area contributed by atoms with Crippen LogP contribution in [0, 0.1) is 0 Å². The van der Waals surface area contributed by atoms with Gasteiger partial charge in [0.1, 0.15) is 0 Å². The van der Waals surface area contributed by atoms with E-state index < -0.39 is 0 Å². The highest BCUT2D eigenvalue weighted by Crippen LogP contribution is 2.28. The Morgan fingerprint density at radius 2 is 2.25 bits per heavy atom. The van der Waals surface area contributed by atoms with Crippen molar-refractivity contribution in [2.45, 2.75) is 43.5 Å². The summed E-state index contributed by atoms with van der Waals surface area (Å²) in [7, 11) is 0. The quantitative estimate of drug-likeness (QED) is 0.799. The first-order valence-electron chi connectivity index (χ1n) is 7.06.